The molecule has 0 radical (unpaired) electrons. The number of nitrogens with one attached hydrogen (secondary N) is 2. The van der Waals surface area contributed by atoms with E-state index in [-0.39, 0.29) is 17.8 Å². The lowest BCUT2D eigenvalue weighted by Gasteiger charge is -2.41. The molecule has 0 spiro atoms. The summed E-state index contributed by atoms with van der Waals surface area (Å²) in [5.74, 6) is 1.68. The van der Waals surface area contributed by atoms with Gasteiger partial charge in [0, 0.05) is 17.8 Å². The number of carbonyl (C=O) groups excluding carboxylic acids is 1. The predicted octanol–water partition coefficient (Wildman–Crippen LogP) is 3.88. The number of hydrogen-bond donors (Lipinski definition) is 4. The summed E-state index contributed by atoms with van der Waals surface area (Å²) in [5.41, 5.74) is 8.61. The topological polar surface area (TPSA) is 129 Å². The highest BCUT2D eigenvalue weighted by atomic mass is 16.5. The molecule has 5 N–H and O–H groups in total. The van der Waals surface area contributed by atoms with E-state index in [2.05, 4.69) is 38.5 Å². The lowest BCUT2D eigenvalue weighted by molar-refractivity contribution is 0.0963. The Bertz CT molecular complexity index is 1180. The Labute approximate surface area is 244 Å². The average Bonchev–Trinajstić information content (AvgIpc) is 2.99. The molecule has 3 fully saturated rings. The molecular formula is C31H47N7O3. The molecule has 0 unspecified atom stereocenters. The minimum atomic E-state index is -0.614. The summed E-state index contributed by atoms with van der Waals surface area (Å²) in [7, 11) is 3.94. The normalized spacial score (nSPS) is 23.3. The first-order valence-electron chi connectivity index (χ1n) is 15.4. The summed E-state index contributed by atoms with van der Waals surface area (Å²) in [6.07, 6.45) is 8.34. The molecule has 0 atom stereocenters. The van der Waals surface area contributed by atoms with Crippen LogP contribution in [-0.4, -0.2) is 89.3 Å². The third-order valence-electron chi connectivity index (χ3n) is 9.24. The van der Waals surface area contributed by atoms with Crippen LogP contribution in [0.3, 0.4) is 0 Å². The van der Waals surface area contributed by atoms with Gasteiger partial charge in [-0.2, -0.15) is 0 Å². The molecular weight excluding hydrogens is 518 g/mol. The number of ether oxygens (including phenoxy) is 1. The standard InChI is InChI=1S/C31H47N7O3/c1-4-26-30(33-21-5-8-24(39)9-6-21)36-31(28(35-26)29(32)40)34-22-7-10-27(41-3)25(19-22)20-11-17-38(18-12-20)23-13-15-37(2)16-14-23/h7,10,19-21,23-24,39H,4-6,8-9,11-18H2,1-3H3,(H2,32,40)(H2,33,34,36)/t21-,24-. The smallest absolute Gasteiger partial charge is 0.271 e. The van der Waals surface area contributed by atoms with Gasteiger partial charge in [0.15, 0.2) is 11.5 Å². The van der Waals surface area contributed by atoms with Crippen LogP contribution >= 0.6 is 0 Å². The van der Waals surface area contributed by atoms with Crippen LogP contribution in [-0.2, 0) is 6.42 Å². The lowest BCUT2D eigenvalue weighted by atomic mass is 9.87. The highest BCUT2D eigenvalue weighted by molar-refractivity contribution is 5.96. The number of primary amides is 1. The van der Waals surface area contributed by atoms with Gasteiger partial charge >= 0.3 is 0 Å². The summed E-state index contributed by atoms with van der Waals surface area (Å²) in [4.78, 5) is 27.0. The van der Waals surface area contributed by atoms with Gasteiger partial charge in [0.1, 0.15) is 11.6 Å². The number of rotatable bonds is 9. The summed E-state index contributed by atoms with van der Waals surface area (Å²) < 4.78 is 5.79. The van der Waals surface area contributed by atoms with E-state index in [9.17, 15) is 9.90 Å². The molecule has 224 valence electrons. The zero-order valence-corrected chi connectivity index (χ0v) is 24.9. The number of carbonyl (C=O) groups is 1. The van der Waals surface area contributed by atoms with Crippen molar-refractivity contribution in [1.29, 1.82) is 0 Å². The van der Waals surface area contributed by atoms with Crippen LogP contribution in [0.1, 0.15) is 86.0 Å². The van der Waals surface area contributed by atoms with Crippen LogP contribution < -0.4 is 21.1 Å². The van der Waals surface area contributed by atoms with Crippen molar-refractivity contribution >= 4 is 23.2 Å². The molecule has 1 aromatic heterocycles. The summed E-state index contributed by atoms with van der Waals surface area (Å²) in [6.45, 7) is 6.56. The molecule has 1 aromatic carbocycles. The number of aromatic nitrogens is 2. The van der Waals surface area contributed by atoms with Crippen molar-refractivity contribution in [2.45, 2.75) is 88.8 Å². The second-order valence-electron chi connectivity index (χ2n) is 12.0. The zero-order valence-electron chi connectivity index (χ0n) is 24.9. The van der Waals surface area contributed by atoms with Gasteiger partial charge in [-0.15, -0.1) is 0 Å². The van der Waals surface area contributed by atoms with E-state index in [1.54, 1.807) is 7.11 Å². The van der Waals surface area contributed by atoms with Gasteiger partial charge in [-0.3, -0.25) is 4.79 Å². The maximum absolute atomic E-state index is 12.4. The van der Waals surface area contributed by atoms with E-state index in [4.69, 9.17) is 15.5 Å². The van der Waals surface area contributed by atoms with Gasteiger partial charge in [0.2, 0.25) is 0 Å². The van der Waals surface area contributed by atoms with Crippen molar-refractivity contribution in [3.8, 4) is 5.75 Å². The van der Waals surface area contributed by atoms with E-state index in [0.29, 0.717) is 35.7 Å². The van der Waals surface area contributed by atoms with Gasteiger partial charge < -0.3 is 36.0 Å². The SMILES string of the molecule is CCc1nc(C(N)=O)c(Nc2ccc(OC)c(C3CCN(C4CCN(C)CC4)CC3)c2)nc1N[C@H]1CC[C@H](O)CC1. The maximum atomic E-state index is 12.4. The molecule has 1 saturated carbocycles. The van der Waals surface area contributed by atoms with Crippen molar-refractivity contribution in [3.63, 3.8) is 0 Å². The van der Waals surface area contributed by atoms with E-state index < -0.39 is 5.91 Å². The number of benzene rings is 1. The van der Waals surface area contributed by atoms with Crippen molar-refractivity contribution in [3.05, 3.63) is 35.2 Å². The minimum Gasteiger partial charge on any atom is -0.496 e. The monoisotopic (exact) mass is 565 g/mol. The second kappa shape index (κ2) is 13.4. The van der Waals surface area contributed by atoms with Gasteiger partial charge in [0.05, 0.1) is 18.9 Å². The quantitative estimate of drug-likeness (QED) is 0.358. The molecule has 0 bridgehead atoms. The maximum Gasteiger partial charge on any atom is 0.271 e. The first kappa shape index (κ1) is 29.5. The van der Waals surface area contributed by atoms with E-state index in [0.717, 1.165) is 63.1 Å². The van der Waals surface area contributed by atoms with Crippen LogP contribution in [0.15, 0.2) is 18.2 Å². The van der Waals surface area contributed by atoms with E-state index in [1.807, 2.05) is 19.1 Å². The number of nitrogens with zero attached hydrogens (tertiary/aromatic N) is 4. The number of anilines is 3. The molecule has 2 saturated heterocycles. The first-order valence-corrected chi connectivity index (χ1v) is 15.4. The Morgan fingerprint density at radius 3 is 2.37 bits per heavy atom. The van der Waals surface area contributed by atoms with E-state index in [1.165, 1.54) is 31.5 Å². The van der Waals surface area contributed by atoms with Gasteiger partial charge in [-0.25, -0.2) is 9.97 Å². The average molecular weight is 566 g/mol. The lowest BCUT2D eigenvalue weighted by Crippen LogP contribution is -2.46. The van der Waals surface area contributed by atoms with Gasteiger partial charge in [-0.05, 0) is 121 Å². The Hall–Kier alpha value is -2.95. The molecule has 5 rings (SSSR count). The predicted molar refractivity (Wildman–Crippen MR) is 162 cm³/mol. The van der Waals surface area contributed by atoms with Gasteiger partial charge in [0.25, 0.3) is 5.91 Å². The Balaban J connectivity index is 1.34. The van der Waals surface area contributed by atoms with Crippen molar-refractivity contribution in [2.75, 3.05) is 51.0 Å². The van der Waals surface area contributed by atoms with Crippen LogP contribution in [0.5, 0.6) is 5.75 Å². The van der Waals surface area contributed by atoms with Crippen molar-refractivity contribution in [2.24, 2.45) is 5.73 Å². The Morgan fingerprint density at radius 1 is 1.02 bits per heavy atom. The molecule has 1 amide bonds. The number of likely N-dealkylation sites (tertiary alicyclic amines) is 2. The third-order valence-corrected chi connectivity index (χ3v) is 9.24. The Morgan fingerprint density at radius 2 is 1.73 bits per heavy atom. The number of nitrogens with two attached hydrogens (primary N) is 1. The first-order chi connectivity index (χ1) is 19.8. The highest BCUT2D eigenvalue weighted by Crippen LogP contribution is 2.38. The molecule has 3 heterocycles. The molecule has 10 heteroatoms. The molecule has 41 heavy (non-hydrogen) atoms. The summed E-state index contributed by atoms with van der Waals surface area (Å²) >= 11 is 0. The largest absolute Gasteiger partial charge is 0.496 e. The summed E-state index contributed by atoms with van der Waals surface area (Å²) in [6, 6.07) is 6.97. The number of piperidine rings is 2. The number of aryl methyl sites for hydroxylation is 1. The number of aliphatic hydroxyl groups is 1. The highest BCUT2D eigenvalue weighted by Gasteiger charge is 2.29. The number of aliphatic hydroxyl groups excluding tert-OH is 1. The van der Waals surface area contributed by atoms with E-state index >= 15 is 0 Å². The summed E-state index contributed by atoms with van der Waals surface area (Å²) in [5, 5.41) is 16.8. The Kier molecular flexibility index (Phi) is 9.62. The van der Waals surface area contributed by atoms with Crippen LogP contribution in [0.25, 0.3) is 0 Å². The fourth-order valence-corrected chi connectivity index (χ4v) is 6.71. The molecule has 2 aromatic rings. The molecule has 2 aliphatic heterocycles. The van der Waals surface area contributed by atoms with Crippen LogP contribution in [0.4, 0.5) is 17.3 Å². The van der Waals surface area contributed by atoms with Gasteiger partial charge in [-0.1, -0.05) is 6.92 Å². The van der Waals surface area contributed by atoms with Crippen molar-refractivity contribution in [1.82, 2.24) is 19.8 Å². The minimum absolute atomic E-state index is 0.135. The fourth-order valence-electron chi connectivity index (χ4n) is 6.71. The molecule has 1 aliphatic carbocycles. The third kappa shape index (κ3) is 7.10. The number of methoxy groups -OCH3 is 1. The van der Waals surface area contributed by atoms with Crippen molar-refractivity contribution < 1.29 is 14.6 Å². The second-order valence-corrected chi connectivity index (χ2v) is 12.0. The van der Waals surface area contributed by atoms with Crippen LogP contribution in [0, 0.1) is 0 Å². The fraction of sp³-hybridized carbons (Fsp3) is 0.645. The molecule has 3 aliphatic rings. The number of hydrogen-bond acceptors (Lipinski definition) is 9. The number of amides is 1. The zero-order chi connectivity index (χ0) is 28.9. The van der Waals surface area contributed by atoms with Crippen LogP contribution in [0.2, 0.25) is 0 Å². The molecule has 10 nitrogen and oxygen atoms in total.